The van der Waals surface area contributed by atoms with Crippen molar-refractivity contribution in [3.05, 3.63) is 44.9 Å². The van der Waals surface area contributed by atoms with Crippen molar-refractivity contribution in [1.82, 2.24) is 4.57 Å². The molecule has 26 heavy (non-hydrogen) atoms. The summed E-state index contributed by atoms with van der Waals surface area (Å²) in [7, 11) is 1.93. The Labute approximate surface area is 161 Å². The van der Waals surface area contributed by atoms with Gasteiger partial charge in [0.15, 0.2) is 4.80 Å². The Morgan fingerprint density at radius 3 is 2.81 bits per heavy atom. The summed E-state index contributed by atoms with van der Waals surface area (Å²) in [5, 5.41) is 4.92. The molecule has 0 spiro atoms. The number of nitrogens with one attached hydrogen (secondary N) is 1. The first-order valence-corrected chi connectivity index (χ1v) is 10.2. The number of aromatic nitrogens is 1. The lowest BCUT2D eigenvalue weighted by molar-refractivity contribution is -0.115. The quantitative estimate of drug-likeness (QED) is 0.750. The first-order chi connectivity index (χ1) is 12.5. The first-order valence-electron chi connectivity index (χ1n) is 8.95. The number of benzene rings is 1. The standard InChI is InChI=1S/C19H23ClFN3OS/c1-24-15(11-18(25)23-17-10-13(20)8-9-16(17)21)12-26-19(24)22-14-6-4-2-3-5-7-14/h8-10,12,14H,2-7,11H2,1H3,(H,23,25). The van der Waals surface area contributed by atoms with Crippen LogP contribution in [0.2, 0.25) is 5.02 Å². The highest BCUT2D eigenvalue weighted by Crippen LogP contribution is 2.21. The van der Waals surface area contributed by atoms with Crippen LogP contribution in [0.4, 0.5) is 10.1 Å². The summed E-state index contributed by atoms with van der Waals surface area (Å²) in [5.41, 5.74) is 0.964. The van der Waals surface area contributed by atoms with E-state index in [2.05, 4.69) is 5.32 Å². The second-order valence-electron chi connectivity index (χ2n) is 6.69. The van der Waals surface area contributed by atoms with E-state index in [1.807, 2.05) is 17.0 Å². The van der Waals surface area contributed by atoms with Gasteiger partial charge in [0, 0.05) is 23.1 Å². The van der Waals surface area contributed by atoms with E-state index in [9.17, 15) is 9.18 Å². The number of hydrogen-bond donors (Lipinski definition) is 1. The van der Waals surface area contributed by atoms with Gasteiger partial charge < -0.3 is 9.88 Å². The van der Waals surface area contributed by atoms with Crippen molar-refractivity contribution in [3.8, 4) is 0 Å². The topological polar surface area (TPSA) is 46.4 Å². The van der Waals surface area contributed by atoms with Crippen molar-refractivity contribution < 1.29 is 9.18 Å². The second kappa shape index (κ2) is 8.82. The molecule has 0 saturated heterocycles. The molecule has 2 aromatic rings. The Balaban J connectivity index is 1.69. The Bertz CT molecular complexity index is 838. The molecule has 0 unspecified atom stereocenters. The average Bonchev–Trinajstić information content (AvgIpc) is 2.80. The summed E-state index contributed by atoms with van der Waals surface area (Å²) in [6, 6.07) is 4.48. The van der Waals surface area contributed by atoms with E-state index in [0.717, 1.165) is 23.3 Å². The molecule has 1 amide bonds. The highest BCUT2D eigenvalue weighted by Gasteiger charge is 2.14. The number of nitrogens with zero attached hydrogens (tertiary/aromatic N) is 2. The smallest absolute Gasteiger partial charge is 0.230 e. The summed E-state index contributed by atoms with van der Waals surface area (Å²) in [6.07, 6.45) is 7.53. The van der Waals surface area contributed by atoms with Gasteiger partial charge in [-0.15, -0.1) is 11.3 Å². The Morgan fingerprint density at radius 2 is 2.08 bits per heavy atom. The van der Waals surface area contributed by atoms with Gasteiger partial charge in [-0.05, 0) is 31.0 Å². The van der Waals surface area contributed by atoms with Gasteiger partial charge in [0.1, 0.15) is 5.82 Å². The van der Waals surface area contributed by atoms with E-state index < -0.39 is 5.82 Å². The fourth-order valence-corrected chi connectivity index (χ4v) is 4.31. The van der Waals surface area contributed by atoms with Gasteiger partial charge in [-0.2, -0.15) is 0 Å². The molecule has 1 aromatic carbocycles. The largest absolute Gasteiger partial charge is 0.324 e. The third kappa shape index (κ3) is 4.95. The zero-order chi connectivity index (χ0) is 18.5. The Hall–Kier alpha value is -1.66. The van der Waals surface area contributed by atoms with Crippen molar-refractivity contribution in [2.24, 2.45) is 12.0 Å². The first kappa shape index (κ1) is 19.1. The van der Waals surface area contributed by atoms with Crippen molar-refractivity contribution >= 4 is 34.5 Å². The zero-order valence-electron chi connectivity index (χ0n) is 14.8. The molecule has 0 aliphatic heterocycles. The maximum atomic E-state index is 13.8. The summed E-state index contributed by atoms with van der Waals surface area (Å²) in [5.74, 6) is -0.776. The van der Waals surface area contributed by atoms with Crippen LogP contribution in [0.15, 0.2) is 28.6 Å². The van der Waals surface area contributed by atoms with Gasteiger partial charge in [0.05, 0.1) is 18.2 Å². The van der Waals surface area contributed by atoms with Crippen LogP contribution in [0.25, 0.3) is 0 Å². The van der Waals surface area contributed by atoms with E-state index in [4.69, 9.17) is 16.6 Å². The van der Waals surface area contributed by atoms with E-state index in [0.29, 0.717) is 11.1 Å². The summed E-state index contributed by atoms with van der Waals surface area (Å²) in [4.78, 5) is 18.1. The van der Waals surface area contributed by atoms with E-state index >= 15 is 0 Å². The molecule has 140 valence electrons. The molecule has 1 fully saturated rings. The van der Waals surface area contributed by atoms with Gasteiger partial charge in [0.2, 0.25) is 5.91 Å². The number of anilines is 1. The van der Waals surface area contributed by atoms with Crippen molar-refractivity contribution in [2.75, 3.05) is 5.32 Å². The van der Waals surface area contributed by atoms with Crippen LogP contribution in [-0.2, 0) is 18.3 Å². The SMILES string of the molecule is Cn1c(CC(=O)Nc2cc(Cl)ccc2F)csc1=NC1CCCCCC1. The normalized spacial score (nSPS) is 16.5. The number of amides is 1. The van der Waals surface area contributed by atoms with Gasteiger partial charge in [-0.1, -0.05) is 37.3 Å². The number of halogens is 2. The fraction of sp³-hybridized carbons (Fsp3) is 0.474. The second-order valence-corrected chi connectivity index (χ2v) is 7.97. The number of rotatable bonds is 4. The lowest BCUT2D eigenvalue weighted by Gasteiger charge is -2.09. The molecule has 0 bridgehead atoms. The molecule has 1 aromatic heterocycles. The predicted molar refractivity (Wildman–Crippen MR) is 104 cm³/mol. The zero-order valence-corrected chi connectivity index (χ0v) is 16.4. The van der Waals surface area contributed by atoms with Crippen LogP contribution in [0.5, 0.6) is 0 Å². The maximum absolute atomic E-state index is 13.8. The lowest BCUT2D eigenvalue weighted by Crippen LogP contribution is -2.21. The van der Waals surface area contributed by atoms with E-state index in [1.54, 1.807) is 11.3 Å². The van der Waals surface area contributed by atoms with Crippen LogP contribution in [-0.4, -0.2) is 16.5 Å². The molecule has 0 atom stereocenters. The molecule has 4 nitrogen and oxygen atoms in total. The van der Waals surface area contributed by atoms with E-state index in [-0.39, 0.29) is 18.0 Å². The summed E-state index contributed by atoms with van der Waals surface area (Å²) >= 11 is 7.41. The van der Waals surface area contributed by atoms with Crippen molar-refractivity contribution in [3.63, 3.8) is 0 Å². The van der Waals surface area contributed by atoms with Crippen LogP contribution in [0.3, 0.4) is 0 Å². The highest BCUT2D eigenvalue weighted by atomic mass is 35.5. The number of carbonyl (C=O) groups excluding carboxylic acids is 1. The minimum atomic E-state index is -0.499. The molecule has 1 saturated carbocycles. The van der Waals surface area contributed by atoms with Crippen LogP contribution in [0.1, 0.15) is 44.2 Å². The molecule has 3 rings (SSSR count). The lowest BCUT2D eigenvalue weighted by atomic mass is 10.1. The summed E-state index contributed by atoms with van der Waals surface area (Å²) in [6.45, 7) is 0. The average molecular weight is 396 g/mol. The van der Waals surface area contributed by atoms with Gasteiger partial charge in [-0.3, -0.25) is 9.79 Å². The fourth-order valence-electron chi connectivity index (χ4n) is 3.17. The molecule has 7 heteroatoms. The van der Waals surface area contributed by atoms with Gasteiger partial charge in [-0.25, -0.2) is 4.39 Å². The number of carbonyl (C=O) groups is 1. The third-order valence-electron chi connectivity index (χ3n) is 4.68. The Kier molecular flexibility index (Phi) is 6.48. The highest BCUT2D eigenvalue weighted by molar-refractivity contribution is 7.07. The van der Waals surface area contributed by atoms with Crippen LogP contribution >= 0.6 is 22.9 Å². The summed E-state index contributed by atoms with van der Waals surface area (Å²) < 4.78 is 15.7. The van der Waals surface area contributed by atoms with Crippen molar-refractivity contribution in [1.29, 1.82) is 0 Å². The molecular formula is C19H23ClFN3OS. The predicted octanol–water partition coefficient (Wildman–Crippen LogP) is 4.68. The van der Waals surface area contributed by atoms with Gasteiger partial charge >= 0.3 is 0 Å². The third-order valence-corrected chi connectivity index (χ3v) is 5.90. The number of thiazole rings is 1. The molecule has 1 N–H and O–H groups in total. The molecular weight excluding hydrogens is 373 g/mol. The van der Waals surface area contributed by atoms with E-state index in [1.165, 1.54) is 43.9 Å². The molecule has 1 aliphatic rings. The monoisotopic (exact) mass is 395 g/mol. The van der Waals surface area contributed by atoms with Crippen LogP contribution in [0, 0.1) is 5.82 Å². The molecule has 1 aliphatic carbocycles. The Morgan fingerprint density at radius 1 is 1.35 bits per heavy atom. The van der Waals surface area contributed by atoms with Crippen LogP contribution < -0.4 is 10.1 Å². The molecule has 0 radical (unpaired) electrons. The molecule has 1 heterocycles. The minimum absolute atomic E-state index is 0.101. The minimum Gasteiger partial charge on any atom is -0.324 e. The van der Waals surface area contributed by atoms with Gasteiger partial charge in [0.25, 0.3) is 0 Å². The number of hydrogen-bond acceptors (Lipinski definition) is 3. The van der Waals surface area contributed by atoms with Crippen molar-refractivity contribution in [2.45, 2.75) is 51.0 Å². The maximum Gasteiger partial charge on any atom is 0.230 e.